The van der Waals surface area contributed by atoms with E-state index in [2.05, 4.69) is 32.6 Å². The molecule has 0 radical (unpaired) electrons. The highest BCUT2D eigenvalue weighted by atomic mass is 19.4. The first-order valence-corrected chi connectivity index (χ1v) is 16.3. The van der Waals surface area contributed by atoms with Crippen LogP contribution < -0.4 is 4.74 Å². The second kappa shape index (κ2) is 15.3. The van der Waals surface area contributed by atoms with Crippen LogP contribution in [0.1, 0.15) is 82.6 Å². The zero-order valence-electron chi connectivity index (χ0n) is 27.0. The Labute approximate surface area is 260 Å². The molecule has 0 saturated carbocycles. The van der Waals surface area contributed by atoms with Crippen LogP contribution in [0.25, 0.3) is 16.8 Å². The van der Waals surface area contributed by atoms with E-state index in [1.807, 2.05) is 58.9 Å². The van der Waals surface area contributed by atoms with E-state index >= 15 is 0 Å². The van der Waals surface area contributed by atoms with Crippen molar-refractivity contribution in [2.75, 3.05) is 39.3 Å². The molecule has 1 aromatic carbocycles. The number of amides is 1. The average Bonchev–Trinajstić information content (AvgIpc) is 3.34. The molecule has 3 heterocycles. The number of carbonyl (C=O) groups is 1. The summed E-state index contributed by atoms with van der Waals surface area (Å²) in [5, 5.41) is 4.94. The number of pyridine rings is 1. The minimum atomic E-state index is -4.11. The Morgan fingerprint density at radius 2 is 1.66 bits per heavy atom. The largest absolute Gasteiger partial charge is 0.494 e. The van der Waals surface area contributed by atoms with Gasteiger partial charge in [-0.25, -0.2) is 4.52 Å². The fourth-order valence-electron chi connectivity index (χ4n) is 5.87. The van der Waals surface area contributed by atoms with Crippen molar-refractivity contribution in [2.45, 2.75) is 79.3 Å². The van der Waals surface area contributed by atoms with Crippen LogP contribution in [0.5, 0.6) is 5.75 Å². The lowest BCUT2D eigenvalue weighted by molar-refractivity contribution is -0.185. The molecule has 242 valence electrons. The highest BCUT2D eigenvalue weighted by molar-refractivity contribution is 5.95. The highest BCUT2D eigenvalue weighted by Gasteiger charge is 2.40. The van der Waals surface area contributed by atoms with E-state index in [9.17, 15) is 18.0 Å². The number of benzene rings is 1. The van der Waals surface area contributed by atoms with Crippen LogP contribution in [0, 0.1) is 17.8 Å². The molecule has 4 rings (SSSR count). The maximum absolute atomic E-state index is 13.8. The minimum Gasteiger partial charge on any atom is -0.494 e. The third kappa shape index (κ3) is 8.99. The molecule has 0 N–H and O–H groups in total. The van der Waals surface area contributed by atoms with Crippen LogP contribution in [0.4, 0.5) is 13.2 Å². The van der Waals surface area contributed by atoms with Gasteiger partial charge in [-0.15, -0.1) is 0 Å². The van der Waals surface area contributed by atoms with Crippen LogP contribution in [0.3, 0.4) is 0 Å². The van der Waals surface area contributed by atoms with E-state index < -0.39 is 12.1 Å². The molecule has 1 saturated heterocycles. The molecule has 6 nitrogen and oxygen atoms in total. The normalized spacial score (nSPS) is 15.0. The topological polar surface area (TPSA) is 50.1 Å². The van der Waals surface area contributed by atoms with Crippen LogP contribution in [0.15, 0.2) is 42.6 Å². The van der Waals surface area contributed by atoms with Crippen molar-refractivity contribution in [2.24, 2.45) is 17.8 Å². The summed E-state index contributed by atoms with van der Waals surface area (Å²) in [6.07, 6.45) is 1.47. The monoisotopic (exact) mass is 614 g/mol. The molecule has 0 atom stereocenters. The molecule has 0 spiro atoms. The molecule has 3 aromatic rings. The van der Waals surface area contributed by atoms with E-state index in [0.717, 1.165) is 67.0 Å². The van der Waals surface area contributed by atoms with Crippen molar-refractivity contribution in [1.29, 1.82) is 0 Å². The fraction of sp³-hybridized carbons (Fsp3) is 0.600. The van der Waals surface area contributed by atoms with Crippen molar-refractivity contribution in [3.63, 3.8) is 0 Å². The van der Waals surface area contributed by atoms with Crippen LogP contribution in [-0.4, -0.2) is 70.8 Å². The van der Waals surface area contributed by atoms with E-state index in [1.165, 1.54) is 0 Å². The summed E-state index contributed by atoms with van der Waals surface area (Å²) in [6, 6.07) is 11.7. The molecule has 0 aliphatic carbocycles. The van der Waals surface area contributed by atoms with Gasteiger partial charge >= 0.3 is 6.18 Å². The van der Waals surface area contributed by atoms with Crippen molar-refractivity contribution < 1.29 is 22.7 Å². The Kier molecular flexibility index (Phi) is 11.7. The first-order chi connectivity index (χ1) is 21.0. The molecule has 1 amide bonds. The van der Waals surface area contributed by atoms with Gasteiger partial charge < -0.3 is 14.5 Å². The SMILES string of the molecule is CCOc1ccc(-c2nn3ccc(C(=O)N(CCC(C)C)CCC(C)C)cc3c2CCCN2CCC(C(F)(F)F)CC2)cc1. The van der Waals surface area contributed by atoms with Crippen LogP contribution in [-0.2, 0) is 6.42 Å². The molecule has 1 aliphatic rings. The molecule has 1 fully saturated rings. The Bertz CT molecular complexity index is 1330. The van der Waals surface area contributed by atoms with Gasteiger partial charge in [0.25, 0.3) is 5.91 Å². The number of aryl methyl sites for hydroxylation is 1. The fourth-order valence-corrected chi connectivity index (χ4v) is 5.87. The summed E-state index contributed by atoms with van der Waals surface area (Å²) < 4.78 is 47.0. The predicted octanol–water partition coefficient (Wildman–Crippen LogP) is 8.14. The summed E-state index contributed by atoms with van der Waals surface area (Å²) in [6.45, 7) is 14.3. The number of rotatable bonds is 14. The third-order valence-corrected chi connectivity index (χ3v) is 8.61. The van der Waals surface area contributed by atoms with E-state index in [1.54, 1.807) is 0 Å². The number of halogens is 3. The maximum Gasteiger partial charge on any atom is 0.391 e. The van der Waals surface area contributed by atoms with E-state index in [0.29, 0.717) is 43.5 Å². The molecule has 9 heteroatoms. The standard InChI is InChI=1S/C35H49F3N4O2/c1-6-44-30-11-9-27(10-12-30)33-31(8-7-18-40-19-16-29(17-20-40)35(36,37)38)32-24-28(15-23-42(32)39-33)34(43)41(21-13-25(2)3)22-14-26(4)5/h9-12,15,23-26,29H,6-8,13-14,16-22H2,1-5H3. The molecule has 0 unspecified atom stereocenters. The number of carbonyl (C=O) groups excluding carboxylic acids is 1. The van der Waals surface area contributed by atoms with Gasteiger partial charge in [-0.3, -0.25) is 4.79 Å². The van der Waals surface area contributed by atoms with Gasteiger partial charge in [-0.1, -0.05) is 27.7 Å². The summed E-state index contributed by atoms with van der Waals surface area (Å²) in [7, 11) is 0. The number of nitrogens with zero attached hydrogens (tertiary/aromatic N) is 4. The third-order valence-electron chi connectivity index (χ3n) is 8.61. The van der Waals surface area contributed by atoms with Gasteiger partial charge in [0.1, 0.15) is 5.75 Å². The summed E-state index contributed by atoms with van der Waals surface area (Å²) in [5.74, 6) is 0.644. The molecule has 2 aromatic heterocycles. The lowest BCUT2D eigenvalue weighted by atomic mass is 9.96. The van der Waals surface area contributed by atoms with Crippen molar-refractivity contribution in [1.82, 2.24) is 19.4 Å². The number of fused-ring (bicyclic) bond motifs is 1. The zero-order chi connectivity index (χ0) is 31.9. The Morgan fingerprint density at radius 3 is 2.23 bits per heavy atom. The Morgan fingerprint density at radius 1 is 1.02 bits per heavy atom. The van der Waals surface area contributed by atoms with E-state index in [-0.39, 0.29) is 18.7 Å². The molecule has 1 aliphatic heterocycles. The van der Waals surface area contributed by atoms with Gasteiger partial charge in [0.15, 0.2) is 0 Å². The number of hydrogen-bond donors (Lipinski definition) is 0. The van der Waals surface area contributed by atoms with Crippen molar-refractivity contribution in [3.8, 4) is 17.0 Å². The average molecular weight is 615 g/mol. The number of likely N-dealkylation sites (tertiary alicyclic amines) is 1. The first-order valence-electron chi connectivity index (χ1n) is 16.3. The number of aromatic nitrogens is 2. The van der Waals surface area contributed by atoms with Gasteiger partial charge in [0, 0.05) is 36.0 Å². The van der Waals surface area contributed by atoms with Crippen LogP contribution in [0.2, 0.25) is 0 Å². The first kappa shape index (κ1) is 33.8. The number of ether oxygens (including phenoxy) is 1. The Hall–Kier alpha value is -3.07. The maximum atomic E-state index is 13.8. The lowest BCUT2D eigenvalue weighted by Gasteiger charge is -2.32. The smallest absolute Gasteiger partial charge is 0.391 e. The summed E-state index contributed by atoms with van der Waals surface area (Å²) in [4.78, 5) is 17.9. The van der Waals surface area contributed by atoms with Gasteiger partial charge in [0.05, 0.1) is 23.7 Å². The summed E-state index contributed by atoms with van der Waals surface area (Å²) >= 11 is 0. The Balaban J connectivity index is 1.60. The number of hydrogen-bond acceptors (Lipinski definition) is 4. The van der Waals surface area contributed by atoms with Crippen molar-refractivity contribution >= 4 is 11.4 Å². The summed E-state index contributed by atoms with van der Waals surface area (Å²) in [5.41, 5.74) is 4.40. The van der Waals surface area contributed by atoms with Crippen molar-refractivity contribution in [3.05, 3.63) is 53.7 Å². The number of alkyl halides is 3. The van der Waals surface area contributed by atoms with Crippen LogP contribution >= 0.6 is 0 Å². The predicted molar refractivity (Wildman–Crippen MR) is 170 cm³/mol. The van der Waals surface area contributed by atoms with Gasteiger partial charge in [-0.05, 0) is 113 Å². The number of piperidine rings is 1. The molecular weight excluding hydrogens is 565 g/mol. The van der Waals surface area contributed by atoms with Gasteiger partial charge in [0.2, 0.25) is 0 Å². The molecule has 44 heavy (non-hydrogen) atoms. The lowest BCUT2D eigenvalue weighted by Crippen LogP contribution is -2.39. The van der Waals surface area contributed by atoms with E-state index in [4.69, 9.17) is 9.84 Å². The highest BCUT2D eigenvalue weighted by Crippen LogP contribution is 2.34. The quantitative estimate of drug-likeness (QED) is 0.184. The molecular formula is C35H49F3N4O2. The zero-order valence-corrected chi connectivity index (χ0v) is 27.0. The van der Waals surface area contributed by atoms with Gasteiger partial charge in [-0.2, -0.15) is 18.3 Å². The second-order valence-electron chi connectivity index (χ2n) is 12.9. The molecule has 0 bridgehead atoms. The minimum absolute atomic E-state index is 0.0381. The second-order valence-corrected chi connectivity index (χ2v) is 12.9.